The quantitative estimate of drug-likeness (QED) is 0.531. The van der Waals surface area contributed by atoms with Crippen LogP contribution < -0.4 is 0 Å². The molecule has 0 aliphatic carbocycles. The molecule has 0 bridgehead atoms. The molecule has 1 aromatic carbocycles. The number of rotatable bonds is 2. The lowest BCUT2D eigenvalue weighted by atomic mass is 10.2. The molecule has 1 aromatic rings. The molecule has 2 N–H and O–H groups in total. The van der Waals surface area contributed by atoms with Gasteiger partial charge in [0, 0.05) is 6.21 Å². The maximum absolute atomic E-state index is 10.5. The second-order valence-electron chi connectivity index (χ2n) is 2.19. The molecule has 1 rings (SSSR count). The van der Waals surface area contributed by atoms with Crippen LogP contribution in [-0.2, 0) is 10.1 Å². The highest BCUT2D eigenvalue weighted by atomic mass is 32.2. The van der Waals surface area contributed by atoms with Crippen molar-refractivity contribution in [3.63, 3.8) is 0 Å². The second kappa shape index (κ2) is 3.04. The monoisotopic (exact) mass is 185 g/mol. The summed E-state index contributed by atoms with van der Waals surface area (Å²) < 4.78 is 29.6. The maximum Gasteiger partial charge on any atom is 0.294 e. The van der Waals surface area contributed by atoms with Crippen LogP contribution in [0.2, 0.25) is 0 Å². The standard InChI is InChI=1S/C7H7NO3S/c8-5-6-1-3-7(4-2-6)12(9,10)11/h1-5,8H,(H,9,10,11). The van der Waals surface area contributed by atoms with Crippen molar-refractivity contribution in [3.8, 4) is 0 Å². The normalized spacial score (nSPS) is 11.1. The third-order valence-electron chi connectivity index (χ3n) is 1.34. The minimum atomic E-state index is -4.10. The zero-order valence-corrected chi connectivity index (χ0v) is 6.88. The Bertz CT molecular complexity index is 380. The van der Waals surface area contributed by atoms with Gasteiger partial charge in [0.05, 0.1) is 4.90 Å². The van der Waals surface area contributed by atoms with Crippen LogP contribution >= 0.6 is 0 Å². The van der Waals surface area contributed by atoms with Crippen LogP contribution in [-0.4, -0.2) is 19.2 Å². The van der Waals surface area contributed by atoms with Crippen molar-refractivity contribution in [1.82, 2.24) is 0 Å². The zero-order chi connectivity index (χ0) is 9.19. The van der Waals surface area contributed by atoms with E-state index in [0.29, 0.717) is 5.56 Å². The molecular weight excluding hydrogens is 178 g/mol. The zero-order valence-electron chi connectivity index (χ0n) is 6.06. The van der Waals surface area contributed by atoms with Gasteiger partial charge in [0.2, 0.25) is 0 Å². The Morgan fingerprint density at radius 3 is 2.08 bits per heavy atom. The van der Waals surface area contributed by atoms with Crippen molar-refractivity contribution in [3.05, 3.63) is 29.8 Å². The minimum absolute atomic E-state index is 0.159. The molecule has 0 saturated carbocycles. The second-order valence-corrected chi connectivity index (χ2v) is 3.61. The fourth-order valence-electron chi connectivity index (χ4n) is 0.736. The highest BCUT2D eigenvalue weighted by Gasteiger charge is 2.07. The average Bonchev–Trinajstić information content (AvgIpc) is 2.03. The fraction of sp³-hybridized carbons (Fsp3) is 0. The Morgan fingerprint density at radius 1 is 1.25 bits per heavy atom. The Balaban J connectivity index is 3.17. The molecule has 0 aliphatic heterocycles. The molecule has 0 aromatic heterocycles. The van der Waals surface area contributed by atoms with Crippen LogP contribution in [0.5, 0.6) is 0 Å². The fourth-order valence-corrected chi connectivity index (χ4v) is 1.22. The molecule has 0 amide bonds. The van der Waals surface area contributed by atoms with E-state index >= 15 is 0 Å². The molecule has 0 spiro atoms. The van der Waals surface area contributed by atoms with E-state index in [4.69, 9.17) is 9.96 Å². The Hall–Kier alpha value is -1.20. The molecule has 5 heteroatoms. The maximum atomic E-state index is 10.5. The van der Waals surface area contributed by atoms with Crippen LogP contribution in [0.15, 0.2) is 29.2 Å². The van der Waals surface area contributed by atoms with E-state index in [-0.39, 0.29) is 4.90 Å². The summed E-state index contributed by atoms with van der Waals surface area (Å²) in [5.74, 6) is 0. The summed E-state index contributed by atoms with van der Waals surface area (Å²) in [6.07, 6.45) is 1.09. The molecule has 0 saturated heterocycles. The molecule has 0 heterocycles. The predicted molar refractivity (Wildman–Crippen MR) is 44.1 cm³/mol. The summed E-state index contributed by atoms with van der Waals surface area (Å²) in [5, 5.41) is 6.83. The van der Waals surface area contributed by atoms with Crippen LogP contribution in [0.3, 0.4) is 0 Å². The van der Waals surface area contributed by atoms with Crippen LogP contribution in [0, 0.1) is 5.41 Å². The predicted octanol–water partition coefficient (Wildman–Crippen LogP) is 0.931. The molecule has 0 unspecified atom stereocenters. The summed E-state index contributed by atoms with van der Waals surface area (Å²) >= 11 is 0. The first kappa shape index (κ1) is 8.89. The van der Waals surface area contributed by atoms with Gasteiger partial charge in [-0.2, -0.15) is 8.42 Å². The topological polar surface area (TPSA) is 78.2 Å². The van der Waals surface area contributed by atoms with E-state index in [1.165, 1.54) is 24.3 Å². The van der Waals surface area contributed by atoms with Crippen molar-refractivity contribution < 1.29 is 13.0 Å². The van der Waals surface area contributed by atoms with Crippen molar-refractivity contribution in [2.75, 3.05) is 0 Å². The molecular formula is C7H7NO3S. The van der Waals surface area contributed by atoms with Gasteiger partial charge in [0.15, 0.2) is 0 Å². The van der Waals surface area contributed by atoms with Gasteiger partial charge in [-0.1, -0.05) is 12.1 Å². The number of hydrogen-bond acceptors (Lipinski definition) is 3. The van der Waals surface area contributed by atoms with Crippen LogP contribution in [0.25, 0.3) is 0 Å². The molecule has 0 atom stereocenters. The largest absolute Gasteiger partial charge is 0.308 e. The summed E-state index contributed by atoms with van der Waals surface area (Å²) in [4.78, 5) is -0.159. The third kappa shape index (κ3) is 1.90. The van der Waals surface area contributed by atoms with E-state index in [1.54, 1.807) is 0 Å². The van der Waals surface area contributed by atoms with Crippen molar-refractivity contribution in [2.24, 2.45) is 0 Å². The van der Waals surface area contributed by atoms with Gasteiger partial charge < -0.3 is 5.41 Å². The minimum Gasteiger partial charge on any atom is -0.308 e. The van der Waals surface area contributed by atoms with Crippen LogP contribution in [0.1, 0.15) is 5.56 Å². The lowest BCUT2D eigenvalue weighted by Crippen LogP contribution is -1.97. The highest BCUT2D eigenvalue weighted by molar-refractivity contribution is 7.85. The summed E-state index contributed by atoms with van der Waals surface area (Å²) in [6.45, 7) is 0. The SMILES string of the molecule is N=Cc1ccc(S(=O)(=O)O)cc1. The molecule has 64 valence electrons. The smallest absolute Gasteiger partial charge is 0.294 e. The summed E-state index contributed by atoms with van der Waals surface area (Å²) in [6, 6.07) is 5.37. The van der Waals surface area contributed by atoms with Crippen molar-refractivity contribution >= 4 is 16.3 Å². The molecule has 0 radical (unpaired) electrons. The Kier molecular flexibility index (Phi) is 2.25. The average molecular weight is 185 g/mol. The van der Waals surface area contributed by atoms with Gasteiger partial charge in [-0.15, -0.1) is 0 Å². The van der Waals surface area contributed by atoms with Gasteiger partial charge in [0.25, 0.3) is 10.1 Å². The molecule has 4 nitrogen and oxygen atoms in total. The van der Waals surface area contributed by atoms with E-state index in [0.717, 1.165) is 6.21 Å². The number of nitrogens with one attached hydrogen (secondary N) is 1. The summed E-state index contributed by atoms with van der Waals surface area (Å²) in [7, 11) is -4.10. The van der Waals surface area contributed by atoms with Gasteiger partial charge in [-0.25, -0.2) is 0 Å². The first-order valence-electron chi connectivity index (χ1n) is 3.12. The van der Waals surface area contributed by atoms with E-state index in [2.05, 4.69) is 0 Å². The summed E-state index contributed by atoms with van der Waals surface area (Å²) in [5.41, 5.74) is 0.586. The van der Waals surface area contributed by atoms with E-state index < -0.39 is 10.1 Å². The van der Waals surface area contributed by atoms with Crippen molar-refractivity contribution in [2.45, 2.75) is 4.90 Å². The van der Waals surface area contributed by atoms with Crippen LogP contribution in [0.4, 0.5) is 0 Å². The molecule has 0 fully saturated rings. The number of hydrogen-bond donors (Lipinski definition) is 2. The molecule has 12 heavy (non-hydrogen) atoms. The first-order valence-corrected chi connectivity index (χ1v) is 4.56. The van der Waals surface area contributed by atoms with Gasteiger partial charge in [-0.05, 0) is 17.7 Å². The highest BCUT2D eigenvalue weighted by Crippen LogP contribution is 2.08. The van der Waals surface area contributed by atoms with E-state index in [9.17, 15) is 8.42 Å². The Labute approximate surface area is 70.1 Å². The Morgan fingerprint density at radius 2 is 1.75 bits per heavy atom. The van der Waals surface area contributed by atoms with Gasteiger partial charge >= 0.3 is 0 Å². The lowest BCUT2D eigenvalue weighted by Gasteiger charge is -1.95. The van der Waals surface area contributed by atoms with Gasteiger partial charge in [-0.3, -0.25) is 4.55 Å². The third-order valence-corrected chi connectivity index (χ3v) is 2.21. The molecule has 0 aliphatic rings. The first-order chi connectivity index (χ1) is 5.54. The number of benzene rings is 1. The van der Waals surface area contributed by atoms with Crippen molar-refractivity contribution in [1.29, 1.82) is 5.41 Å². The van der Waals surface area contributed by atoms with E-state index in [1.807, 2.05) is 0 Å². The lowest BCUT2D eigenvalue weighted by molar-refractivity contribution is 0.483. The van der Waals surface area contributed by atoms with Gasteiger partial charge in [0.1, 0.15) is 0 Å².